The largest absolute Gasteiger partial charge is 0.325 e. The molecule has 1 atom stereocenters. The molecule has 4 heteroatoms. The minimum absolute atomic E-state index is 0.0122. The number of ketones is 1. The van der Waals surface area contributed by atoms with E-state index in [0.29, 0.717) is 24.3 Å². The number of hydrogen-bond acceptors (Lipinski definition) is 3. The molecule has 0 aromatic heterocycles. The predicted octanol–water partition coefficient (Wildman–Crippen LogP) is 4.90. The van der Waals surface area contributed by atoms with Crippen LogP contribution in [0.2, 0.25) is 0 Å². The van der Waals surface area contributed by atoms with Gasteiger partial charge in [0, 0.05) is 24.3 Å². The fourth-order valence-electron chi connectivity index (χ4n) is 3.81. The molecule has 0 bridgehead atoms. The summed E-state index contributed by atoms with van der Waals surface area (Å²) in [5.41, 5.74) is 6.25. The van der Waals surface area contributed by atoms with Gasteiger partial charge in [-0.05, 0) is 60.4 Å². The van der Waals surface area contributed by atoms with Crippen molar-refractivity contribution in [1.29, 1.82) is 0 Å². The number of carbonyl (C=O) groups is 2. The zero-order valence-corrected chi connectivity index (χ0v) is 16.7. The van der Waals surface area contributed by atoms with Gasteiger partial charge in [0.05, 0.1) is 6.04 Å². The molecule has 4 nitrogen and oxygen atoms in total. The Labute approximate surface area is 171 Å². The quantitative estimate of drug-likeness (QED) is 0.651. The molecule has 0 spiro atoms. The van der Waals surface area contributed by atoms with Gasteiger partial charge in [0.1, 0.15) is 0 Å². The first kappa shape index (κ1) is 19.1. The SMILES string of the molecule is CC(=O)c1ccc(NC(=O)C(C)N2Cc3ccccc3-c3ccccc3C2)cc1. The Morgan fingerprint density at radius 3 is 1.86 bits per heavy atom. The van der Waals surface area contributed by atoms with Crippen LogP contribution in [-0.2, 0) is 17.9 Å². The van der Waals surface area contributed by atoms with Crippen LogP contribution < -0.4 is 5.32 Å². The number of carbonyl (C=O) groups excluding carboxylic acids is 2. The van der Waals surface area contributed by atoms with Crippen LogP contribution in [-0.4, -0.2) is 22.6 Å². The Morgan fingerprint density at radius 1 is 0.828 bits per heavy atom. The molecule has 1 heterocycles. The Morgan fingerprint density at radius 2 is 1.34 bits per heavy atom. The molecule has 1 unspecified atom stereocenters. The number of fused-ring (bicyclic) bond motifs is 3. The molecule has 1 N–H and O–H groups in total. The second-order valence-corrected chi connectivity index (χ2v) is 7.52. The molecular weight excluding hydrogens is 360 g/mol. The second kappa shape index (κ2) is 8.02. The van der Waals surface area contributed by atoms with Crippen molar-refractivity contribution in [2.75, 3.05) is 5.32 Å². The van der Waals surface area contributed by atoms with E-state index in [9.17, 15) is 9.59 Å². The van der Waals surface area contributed by atoms with E-state index in [-0.39, 0.29) is 17.7 Å². The van der Waals surface area contributed by atoms with E-state index in [2.05, 4.69) is 46.6 Å². The third-order valence-electron chi connectivity index (χ3n) is 5.56. The third-order valence-corrected chi connectivity index (χ3v) is 5.56. The zero-order chi connectivity index (χ0) is 20.4. The Kier molecular flexibility index (Phi) is 5.28. The highest BCUT2D eigenvalue weighted by atomic mass is 16.2. The molecule has 0 aliphatic carbocycles. The van der Waals surface area contributed by atoms with E-state index in [1.807, 2.05) is 19.1 Å². The lowest BCUT2D eigenvalue weighted by Gasteiger charge is -2.27. The summed E-state index contributed by atoms with van der Waals surface area (Å²) in [4.78, 5) is 26.6. The van der Waals surface area contributed by atoms with E-state index in [1.54, 1.807) is 24.3 Å². The molecule has 1 aliphatic heterocycles. The van der Waals surface area contributed by atoms with Gasteiger partial charge in [0.15, 0.2) is 5.78 Å². The number of hydrogen-bond donors (Lipinski definition) is 1. The highest BCUT2D eigenvalue weighted by Crippen LogP contribution is 2.33. The van der Waals surface area contributed by atoms with Gasteiger partial charge in [-0.2, -0.15) is 0 Å². The standard InChI is InChI=1S/C25H24N2O2/c1-17(25(29)26-22-13-11-19(12-14-22)18(2)28)27-15-20-7-3-5-9-23(20)24-10-6-4-8-21(24)16-27/h3-14,17H,15-16H2,1-2H3,(H,26,29). The van der Waals surface area contributed by atoms with Crippen LogP contribution in [0.3, 0.4) is 0 Å². The van der Waals surface area contributed by atoms with Gasteiger partial charge >= 0.3 is 0 Å². The molecule has 3 aromatic carbocycles. The number of amides is 1. The molecular formula is C25H24N2O2. The predicted molar refractivity (Wildman–Crippen MR) is 116 cm³/mol. The summed E-state index contributed by atoms with van der Waals surface area (Å²) in [6.07, 6.45) is 0. The van der Waals surface area contributed by atoms with Crippen LogP contribution in [0.1, 0.15) is 35.3 Å². The van der Waals surface area contributed by atoms with Gasteiger partial charge in [0.2, 0.25) is 5.91 Å². The molecule has 1 aliphatic rings. The maximum atomic E-state index is 12.9. The zero-order valence-electron chi connectivity index (χ0n) is 16.7. The lowest BCUT2D eigenvalue weighted by Crippen LogP contribution is -2.40. The summed E-state index contributed by atoms with van der Waals surface area (Å²) in [6, 6.07) is 23.5. The van der Waals surface area contributed by atoms with Gasteiger partial charge < -0.3 is 5.32 Å². The van der Waals surface area contributed by atoms with E-state index >= 15 is 0 Å². The highest BCUT2D eigenvalue weighted by Gasteiger charge is 2.26. The fourth-order valence-corrected chi connectivity index (χ4v) is 3.81. The number of nitrogens with one attached hydrogen (secondary N) is 1. The van der Waals surface area contributed by atoms with Crippen LogP contribution in [0.15, 0.2) is 72.8 Å². The molecule has 146 valence electrons. The average molecular weight is 384 g/mol. The molecule has 0 radical (unpaired) electrons. The van der Waals surface area contributed by atoms with Gasteiger partial charge in [-0.15, -0.1) is 0 Å². The Hall–Kier alpha value is -3.24. The van der Waals surface area contributed by atoms with Crippen molar-refractivity contribution < 1.29 is 9.59 Å². The number of benzene rings is 3. The number of Topliss-reactive ketones (excluding diaryl/α,β-unsaturated/α-hetero) is 1. The van der Waals surface area contributed by atoms with E-state index in [0.717, 1.165) is 0 Å². The van der Waals surface area contributed by atoms with Crippen LogP contribution in [0.5, 0.6) is 0 Å². The number of rotatable bonds is 4. The van der Waals surface area contributed by atoms with Crippen LogP contribution in [0.4, 0.5) is 5.69 Å². The Balaban J connectivity index is 1.56. The van der Waals surface area contributed by atoms with E-state index in [4.69, 9.17) is 0 Å². The molecule has 0 saturated carbocycles. The molecule has 0 saturated heterocycles. The molecule has 4 rings (SSSR count). The topological polar surface area (TPSA) is 49.4 Å². The fraction of sp³-hybridized carbons (Fsp3) is 0.200. The highest BCUT2D eigenvalue weighted by molar-refractivity contribution is 5.97. The molecule has 1 amide bonds. The number of nitrogens with zero attached hydrogens (tertiary/aromatic N) is 1. The van der Waals surface area contributed by atoms with Gasteiger partial charge in [-0.25, -0.2) is 0 Å². The van der Waals surface area contributed by atoms with Crippen molar-refractivity contribution in [1.82, 2.24) is 4.90 Å². The Bertz CT molecular complexity index is 1010. The van der Waals surface area contributed by atoms with E-state index in [1.165, 1.54) is 29.2 Å². The first-order chi connectivity index (χ1) is 14.0. The van der Waals surface area contributed by atoms with Crippen LogP contribution in [0.25, 0.3) is 11.1 Å². The average Bonchev–Trinajstić information content (AvgIpc) is 2.90. The second-order valence-electron chi connectivity index (χ2n) is 7.52. The van der Waals surface area contributed by atoms with Crippen LogP contribution in [0, 0.1) is 0 Å². The lowest BCUT2D eigenvalue weighted by molar-refractivity contribution is -0.121. The monoisotopic (exact) mass is 384 g/mol. The van der Waals surface area contributed by atoms with Gasteiger partial charge in [-0.3, -0.25) is 14.5 Å². The lowest BCUT2D eigenvalue weighted by atomic mass is 9.97. The first-order valence-electron chi connectivity index (χ1n) is 9.85. The summed E-state index contributed by atoms with van der Waals surface area (Å²) in [5, 5.41) is 2.98. The molecule has 29 heavy (non-hydrogen) atoms. The molecule has 0 fully saturated rings. The summed E-state index contributed by atoms with van der Waals surface area (Å²) in [5.74, 6) is -0.0458. The van der Waals surface area contributed by atoms with Crippen molar-refractivity contribution in [3.05, 3.63) is 89.5 Å². The van der Waals surface area contributed by atoms with Crippen molar-refractivity contribution >= 4 is 17.4 Å². The van der Waals surface area contributed by atoms with Gasteiger partial charge in [-0.1, -0.05) is 48.5 Å². The normalized spacial score (nSPS) is 14.3. The summed E-state index contributed by atoms with van der Waals surface area (Å²) in [7, 11) is 0. The smallest absolute Gasteiger partial charge is 0.241 e. The maximum absolute atomic E-state index is 12.9. The first-order valence-corrected chi connectivity index (χ1v) is 9.85. The molecule has 3 aromatic rings. The third kappa shape index (κ3) is 3.98. The summed E-state index contributed by atoms with van der Waals surface area (Å²) >= 11 is 0. The van der Waals surface area contributed by atoms with Crippen molar-refractivity contribution in [2.24, 2.45) is 0 Å². The minimum atomic E-state index is -0.304. The van der Waals surface area contributed by atoms with Gasteiger partial charge in [0.25, 0.3) is 0 Å². The van der Waals surface area contributed by atoms with Crippen molar-refractivity contribution in [2.45, 2.75) is 33.0 Å². The number of anilines is 1. The summed E-state index contributed by atoms with van der Waals surface area (Å²) < 4.78 is 0. The maximum Gasteiger partial charge on any atom is 0.241 e. The van der Waals surface area contributed by atoms with Crippen molar-refractivity contribution in [3.8, 4) is 11.1 Å². The minimum Gasteiger partial charge on any atom is -0.325 e. The van der Waals surface area contributed by atoms with Crippen molar-refractivity contribution in [3.63, 3.8) is 0 Å². The van der Waals surface area contributed by atoms with E-state index < -0.39 is 0 Å². The van der Waals surface area contributed by atoms with Crippen LogP contribution >= 0.6 is 0 Å². The summed E-state index contributed by atoms with van der Waals surface area (Å²) in [6.45, 7) is 4.89.